The number of hydrogen-bond acceptors (Lipinski definition) is 2. The molecule has 0 atom stereocenters. The Morgan fingerprint density at radius 1 is 1.17 bits per heavy atom. The van der Waals surface area contributed by atoms with Crippen LogP contribution in [0.15, 0.2) is 35.1 Å². The van der Waals surface area contributed by atoms with Crippen molar-refractivity contribution in [3.8, 4) is 11.1 Å². The van der Waals surface area contributed by atoms with Crippen molar-refractivity contribution in [3.63, 3.8) is 0 Å². The van der Waals surface area contributed by atoms with E-state index in [2.05, 4.69) is 5.10 Å². The van der Waals surface area contributed by atoms with Crippen LogP contribution in [0.5, 0.6) is 0 Å². The number of rotatable bonds is 2. The van der Waals surface area contributed by atoms with Crippen molar-refractivity contribution in [2.24, 2.45) is 0 Å². The molecule has 4 rings (SSSR count). The number of fused-ring (bicyclic) bond motifs is 1. The third-order valence-corrected chi connectivity index (χ3v) is 5.22. The third-order valence-electron chi connectivity index (χ3n) is 4.97. The van der Waals surface area contributed by atoms with Crippen LogP contribution in [0.25, 0.3) is 16.8 Å². The molecule has 1 aliphatic rings. The first kappa shape index (κ1) is 15.5. The van der Waals surface area contributed by atoms with Crippen molar-refractivity contribution in [2.75, 3.05) is 0 Å². The summed E-state index contributed by atoms with van der Waals surface area (Å²) >= 11 is 6.00. The first-order valence-corrected chi connectivity index (χ1v) is 8.89. The highest BCUT2D eigenvalue weighted by Gasteiger charge is 2.20. The monoisotopic (exact) mass is 341 g/mol. The maximum atomic E-state index is 12.6. The van der Waals surface area contributed by atoms with Gasteiger partial charge in [-0.1, -0.05) is 43.0 Å². The van der Waals surface area contributed by atoms with Gasteiger partial charge < -0.3 is 0 Å². The molecule has 124 valence electrons. The highest BCUT2D eigenvalue weighted by Crippen LogP contribution is 2.33. The predicted molar refractivity (Wildman–Crippen MR) is 96.8 cm³/mol. The van der Waals surface area contributed by atoms with Gasteiger partial charge in [-0.2, -0.15) is 0 Å². The normalized spacial score (nSPS) is 15.9. The molecule has 0 bridgehead atoms. The van der Waals surface area contributed by atoms with Crippen LogP contribution in [0.4, 0.5) is 0 Å². The highest BCUT2D eigenvalue weighted by molar-refractivity contribution is 6.30. The molecule has 2 aromatic heterocycles. The molecular formula is C19H20ClN3O. The van der Waals surface area contributed by atoms with Gasteiger partial charge in [0, 0.05) is 28.3 Å². The first-order valence-electron chi connectivity index (χ1n) is 8.52. The van der Waals surface area contributed by atoms with E-state index in [0.29, 0.717) is 16.6 Å². The number of hydrogen-bond donors (Lipinski definition) is 1. The molecule has 0 aliphatic heterocycles. The molecule has 1 aromatic carbocycles. The lowest BCUT2D eigenvalue weighted by Crippen LogP contribution is -2.18. The summed E-state index contributed by atoms with van der Waals surface area (Å²) in [5, 5.41) is 3.85. The zero-order chi connectivity index (χ0) is 16.7. The average Bonchev–Trinajstić information content (AvgIpc) is 2.93. The summed E-state index contributed by atoms with van der Waals surface area (Å²) in [6.07, 6.45) is 5.99. The number of aryl methyl sites for hydroxylation is 1. The van der Waals surface area contributed by atoms with E-state index in [4.69, 9.17) is 16.6 Å². The number of benzene rings is 1. The fourth-order valence-corrected chi connectivity index (χ4v) is 3.86. The quantitative estimate of drug-likeness (QED) is 0.734. The topological polar surface area (TPSA) is 50.2 Å². The van der Waals surface area contributed by atoms with Crippen LogP contribution in [-0.4, -0.2) is 14.6 Å². The molecular weight excluding hydrogens is 322 g/mol. The van der Waals surface area contributed by atoms with Gasteiger partial charge in [-0.15, -0.1) is 0 Å². The Labute approximate surface area is 145 Å². The fourth-order valence-electron chi connectivity index (χ4n) is 3.74. The number of aromatic amines is 1. The standard InChI is InChI=1S/C19H20ClN3O/c1-12-18(14-7-9-15(20)10-8-14)19-21-16(11-17(24)23(19)22-12)13-5-3-2-4-6-13/h7-11,13,22H,2-6H2,1H3. The molecule has 4 nitrogen and oxygen atoms in total. The Bertz CT molecular complexity index is 934. The Balaban J connectivity index is 1.90. The zero-order valence-electron chi connectivity index (χ0n) is 13.7. The summed E-state index contributed by atoms with van der Waals surface area (Å²) in [7, 11) is 0. The Kier molecular flexibility index (Phi) is 3.93. The number of nitrogens with one attached hydrogen (secondary N) is 1. The summed E-state index contributed by atoms with van der Waals surface area (Å²) < 4.78 is 1.55. The minimum atomic E-state index is -0.0381. The second kappa shape index (κ2) is 6.10. The summed E-state index contributed by atoms with van der Waals surface area (Å²) in [6.45, 7) is 1.97. The minimum absolute atomic E-state index is 0.0381. The smallest absolute Gasteiger partial charge is 0.272 e. The van der Waals surface area contributed by atoms with Crippen LogP contribution < -0.4 is 5.56 Å². The van der Waals surface area contributed by atoms with Gasteiger partial charge in [0.05, 0.1) is 5.69 Å². The molecule has 1 aliphatic carbocycles. The van der Waals surface area contributed by atoms with Gasteiger partial charge in [-0.3, -0.25) is 9.89 Å². The lowest BCUT2D eigenvalue weighted by Gasteiger charge is -2.20. The van der Waals surface area contributed by atoms with Gasteiger partial charge in [0.15, 0.2) is 5.65 Å². The molecule has 1 saturated carbocycles. The van der Waals surface area contributed by atoms with Crippen LogP contribution >= 0.6 is 11.6 Å². The van der Waals surface area contributed by atoms with Crippen LogP contribution in [0.1, 0.15) is 49.4 Å². The molecule has 5 heteroatoms. The van der Waals surface area contributed by atoms with Gasteiger partial charge >= 0.3 is 0 Å². The second-order valence-corrected chi connectivity index (χ2v) is 7.07. The Morgan fingerprint density at radius 2 is 1.88 bits per heavy atom. The van der Waals surface area contributed by atoms with E-state index in [1.807, 2.05) is 31.2 Å². The van der Waals surface area contributed by atoms with Crippen LogP contribution in [0.2, 0.25) is 5.02 Å². The van der Waals surface area contributed by atoms with Crippen molar-refractivity contribution in [1.82, 2.24) is 14.6 Å². The van der Waals surface area contributed by atoms with Gasteiger partial charge in [0.2, 0.25) is 0 Å². The summed E-state index contributed by atoms with van der Waals surface area (Å²) in [4.78, 5) is 17.4. The highest BCUT2D eigenvalue weighted by atomic mass is 35.5. The Hall–Kier alpha value is -2.07. The van der Waals surface area contributed by atoms with Crippen LogP contribution in [0, 0.1) is 6.92 Å². The Morgan fingerprint density at radius 3 is 2.58 bits per heavy atom. The number of nitrogens with zero attached hydrogens (tertiary/aromatic N) is 2. The third kappa shape index (κ3) is 2.65. The van der Waals surface area contributed by atoms with Crippen molar-refractivity contribution < 1.29 is 0 Å². The van der Waals surface area contributed by atoms with Crippen molar-refractivity contribution in [3.05, 3.63) is 57.1 Å². The van der Waals surface area contributed by atoms with Gasteiger partial charge in [-0.05, 0) is 37.5 Å². The van der Waals surface area contributed by atoms with E-state index in [-0.39, 0.29) is 5.56 Å². The fraction of sp³-hybridized carbons (Fsp3) is 0.368. The predicted octanol–water partition coefficient (Wildman–Crippen LogP) is 4.70. The summed E-state index contributed by atoms with van der Waals surface area (Å²) in [5.74, 6) is 0.407. The van der Waals surface area contributed by atoms with Gasteiger partial charge in [0.1, 0.15) is 0 Å². The van der Waals surface area contributed by atoms with Crippen molar-refractivity contribution in [2.45, 2.75) is 44.9 Å². The number of H-pyrrole nitrogens is 1. The van der Waals surface area contributed by atoms with Gasteiger partial charge in [-0.25, -0.2) is 9.50 Å². The number of aromatic nitrogens is 3. The molecule has 0 saturated heterocycles. The summed E-state index contributed by atoms with van der Waals surface area (Å²) in [6, 6.07) is 9.37. The molecule has 3 aromatic rings. The molecule has 1 fully saturated rings. The van der Waals surface area contributed by atoms with E-state index in [9.17, 15) is 4.79 Å². The van der Waals surface area contributed by atoms with Crippen LogP contribution in [0.3, 0.4) is 0 Å². The molecule has 0 unspecified atom stereocenters. The molecule has 1 N–H and O–H groups in total. The lowest BCUT2D eigenvalue weighted by molar-refractivity contribution is 0.436. The van der Waals surface area contributed by atoms with E-state index in [1.54, 1.807) is 10.6 Å². The summed E-state index contributed by atoms with van der Waals surface area (Å²) in [5.41, 5.74) is 4.54. The van der Waals surface area contributed by atoms with Crippen LogP contribution in [-0.2, 0) is 0 Å². The van der Waals surface area contributed by atoms with Crippen molar-refractivity contribution in [1.29, 1.82) is 0 Å². The maximum Gasteiger partial charge on any atom is 0.272 e. The molecule has 0 radical (unpaired) electrons. The largest absolute Gasteiger partial charge is 0.293 e. The number of halogens is 1. The molecule has 2 heterocycles. The van der Waals surface area contributed by atoms with E-state index < -0.39 is 0 Å². The molecule has 0 spiro atoms. The first-order chi connectivity index (χ1) is 11.6. The molecule has 24 heavy (non-hydrogen) atoms. The SMILES string of the molecule is Cc1[nH]n2c(=O)cc(C3CCCCC3)nc2c1-c1ccc(Cl)cc1. The van der Waals surface area contributed by atoms with Crippen molar-refractivity contribution >= 4 is 17.2 Å². The maximum absolute atomic E-state index is 12.6. The second-order valence-electron chi connectivity index (χ2n) is 6.63. The lowest BCUT2D eigenvalue weighted by atomic mass is 9.87. The minimum Gasteiger partial charge on any atom is -0.293 e. The van der Waals surface area contributed by atoms with E-state index in [1.165, 1.54) is 19.3 Å². The van der Waals surface area contributed by atoms with E-state index in [0.717, 1.165) is 35.4 Å². The van der Waals surface area contributed by atoms with E-state index >= 15 is 0 Å². The van der Waals surface area contributed by atoms with Gasteiger partial charge in [0.25, 0.3) is 5.56 Å². The average molecular weight is 342 g/mol. The molecule has 0 amide bonds. The zero-order valence-corrected chi connectivity index (χ0v) is 14.4.